The number of carbonyl (C=O) groups excluding carboxylic acids is 1. The molecule has 0 radical (unpaired) electrons. The quantitative estimate of drug-likeness (QED) is 0.878. The van der Waals surface area contributed by atoms with Crippen molar-refractivity contribution < 1.29 is 9.53 Å². The molecule has 4 nitrogen and oxygen atoms in total. The van der Waals surface area contributed by atoms with E-state index in [1.54, 1.807) is 0 Å². The van der Waals surface area contributed by atoms with E-state index in [-0.39, 0.29) is 18.1 Å². The molecule has 2 atom stereocenters. The molecular formula is C21H26N2O2S. The number of hydrogen-bond donors (Lipinski definition) is 1. The number of benzene rings is 1. The van der Waals surface area contributed by atoms with Crippen LogP contribution in [0.15, 0.2) is 35.7 Å². The van der Waals surface area contributed by atoms with E-state index in [4.69, 9.17) is 4.74 Å². The van der Waals surface area contributed by atoms with Gasteiger partial charge < -0.3 is 15.0 Å². The van der Waals surface area contributed by atoms with Crippen molar-refractivity contribution in [3.05, 3.63) is 57.3 Å². The van der Waals surface area contributed by atoms with Gasteiger partial charge in [0.1, 0.15) is 0 Å². The van der Waals surface area contributed by atoms with Gasteiger partial charge in [-0.1, -0.05) is 24.3 Å². The van der Waals surface area contributed by atoms with Gasteiger partial charge in [0, 0.05) is 24.6 Å². The number of hydrogen-bond acceptors (Lipinski definition) is 4. The second kappa shape index (κ2) is 7.91. The largest absolute Gasteiger partial charge is 0.377 e. The Hall–Kier alpha value is -1.69. The molecule has 1 saturated heterocycles. The number of nitrogens with one attached hydrogen (secondary N) is 1. The normalized spacial score (nSPS) is 22.4. The second-order valence-electron chi connectivity index (χ2n) is 7.16. The average Bonchev–Trinajstić information content (AvgIpc) is 3.33. The lowest BCUT2D eigenvalue weighted by Crippen LogP contribution is -2.45. The summed E-state index contributed by atoms with van der Waals surface area (Å²) in [6, 6.07) is 10.6. The van der Waals surface area contributed by atoms with Crippen LogP contribution >= 0.6 is 11.3 Å². The van der Waals surface area contributed by atoms with Gasteiger partial charge in [-0.15, -0.1) is 11.3 Å². The van der Waals surface area contributed by atoms with Crippen LogP contribution in [0.3, 0.4) is 0 Å². The first-order valence-electron chi connectivity index (χ1n) is 9.47. The molecule has 2 aromatic rings. The predicted octanol–water partition coefficient (Wildman–Crippen LogP) is 3.30. The van der Waals surface area contributed by atoms with Gasteiger partial charge in [0.05, 0.1) is 18.7 Å². The summed E-state index contributed by atoms with van der Waals surface area (Å²) < 4.78 is 5.64. The average molecular weight is 371 g/mol. The van der Waals surface area contributed by atoms with Gasteiger partial charge in [-0.05, 0) is 54.3 Å². The fourth-order valence-corrected chi connectivity index (χ4v) is 4.96. The number of amides is 1. The number of fused-ring (bicyclic) bond motifs is 1. The minimum absolute atomic E-state index is 0.0308. The van der Waals surface area contributed by atoms with Gasteiger partial charge in [-0.3, -0.25) is 4.79 Å². The van der Waals surface area contributed by atoms with Gasteiger partial charge in [0.2, 0.25) is 5.91 Å². The maximum atomic E-state index is 13.0. The summed E-state index contributed by atoms with van der Waals surface area (Å²) in [6.45, 7) is 4.91. The van der Waals surface area contributed by atoms with Crippen molar-refractivity contribution in [1.29, 1.82) is 0 Å². The molecule has 4 rings (SSSR count). The molecule has 1 N–H and O–H groups in total. The lowest BCUT2D eigenvalue weighted by Gasteiger charge is -2.37. The van der Waals surface area contributed by atoms with Crippen molar-refractivity contribution in [2.24, 2.45) is 0 Å². The monoisotopic (exact) mass is 370 g/mol. The molecule has 0 spiro atoms. The summed E-state index contributed by atoms with van der Waals surface area (Å²) in [6.07, 6.45) is 3.43. The maximum absolute atomic E-state index is 13.0. The van der Waals surface area contributed by atoms with E-state index < -0.39 is 0 Å². The summed E-state index contributed by atoms with van der Waals surface area (Å²) in [7, 11) is 0. The molecule has 26 heavy (non-hydrogen) atoms. The topological polar surface area (TPSA) is 41.6 Å². The lowest BCUT2D eigenvalue weighted by molar-refractivity contribution is -0.132. The number of thiophene rings is 1. The molecule has 138 valence electrons. The second-order valence-corrected chi connectivity index (χ2v) is 8.16. The summed E-state index contributed by atoms with van der Waals surface area (Å²) in [5.74, 6) is 0.174. The smallest absolute Gasteiger partial charge is 0.237 e. The van der Waals surface area contributed by atoms with E-state index in [9.17, 15) is 4.79 Å². The van der Waals surface area contributed by atoms with Crippen LogP contribution in [0.5, 0.6) is 0 Å². The maximum Gasteiger partial charge on any atom is 0.237 e. The van der Waals surface area contributed by atoms with Crippen molar-refractivity contribution >= 4 is 17.2 Å². The Kier molecular flexibility index (Phi) is 5.38. The fourth-order valence-electron chi connectivity index (χ4n) is 4.06. The molecule has 2 aliphatic rings. The van der Waals surface area contributed by atoms with Crippen LogP contribution in [0, 0.1) is 6.92 Å². The third-order valence-electron chi connectivity index (χ3n) is 5.44. The molecule has 0 saturated carbocycles. The van der Waals surface area contributed by atoms with Crippen molar-refractivity contribution in [2.75, 3.05) is 26.2 Å². The molecule has 2 unspecified atom stereocenters. The van der Waals surface area contributed by atoms with Gasteiger partial charge in [-0.25, -0.2) is 0 Å². The molecule has 1 aromatic carbocycles. The van der Waals surface area contributed by atoms with Gasteiger partial charge in [0.15, 0.2) is 0 Å². The molecule has 2 aliphatic heterocycles. The number of nitrogens with zero attached hydrogens (tertiary/aromatic N) is 1. The van der Waals surface area contributed by atoms with E-state index in [0.29, 0.717) is 6.54 Å². The van der Waals surface area contributed by atoms with E-state index in [2.05, 4.69) is 52.9 Å². The predicted molar refractivity (Wildman–Crippen MR) is 105 cm³/mol. The fraction of sp³-hybridized carbons (Fsp3) is 0.476. The molecule has 3 heterocycles. The van der Waals surface area contributed by atoms with E-state index in [1.165, 1.54) is 21.6 Å². The van der Waals surface area contributed by atoms with E-state index in [0.717, 1.165) is 39.0 Å². The Morgan fingerprint density at radius 3 is 3.00 bits per heavy atom. The Morgan fingerprint density at radius 2 is 2.19 bits per heavy atom. The summed E-state index contributed by atoms with van der Waals surface area (Å²) in [5, 5.41) is 5.47. The Bertz CT molecular complexity index is 767. The molecule has 1 aromatic heterocycles. The highest BCUT2D eigenvalue weighted by atomic mass is 32.1. The number of ether oxygens (including phenoxy) is 1. The third kappa shape index (κ3) is 3.56. The highest BCUT2D eigenvalue weighted by Gasteiger charge is 2.33. The Balaban J connectivity index is 1.52. The van der Waals surface area contributed by atoms with Crippen molar-refractivity contribution in [3.8, 4) is 0 Å². The molecule has 5 heteroatoms. The van der Waals surface area contributed by atoms with Crippen LogP contribution in [-0.4, -0.2) is 43.2 Å². The molecule has 1 fully saturated rings. The highest BCUT2D eigenvalue weighted by Crippen LogP contribution is 2.38. The number of aryl methyl sites for hydroxylation is 1. The van der Waals surface area contributed by atoms with Crippen LogP contribution in [0.25, 0.3) is 0 Å². The molecule has 0 bridgehead atoms. The summed E-state index contributed by atoms with van der Waals surface area (Å²) in [5.41, 5.74) is 3.77. The summed E-state index contributed by atoms with van der Waals surface area (Å²) >= 11 is 1.81. The summed E-state index contributed by atoms with van der Waals surface area (Å²) in [4.78, 5) is 16.5. The van der Waals surface area contributed by atoms with Crippen LogP contribution in [-0.2, 0) is 16.0 Å². The van der Waals surface area contributed by atoms with Crippen LogP contribution in [0.4, 0.5) is 0 Å². The first kappa shape index (κ1) is 17.7. The molecule has 0 aliphatic carbocycles. The first-order valence-corrected chi connectivity index (χ1v) is 10.4. The third-order valence-corrected chi connectivity index (χ3v) is 6.44. The number of rotatable bonds is 5. The van der Waals surface area contributed by atoms with Crippen LogP contribution in [0.2, 0.25) is 0 Å². The zero-order chi connectivity index (χ0) is 17.9. The van der Waals surface area contributed by atoms with Crippen molar-refractivity contribution in [2.45, 2.75) is 38.3 Å². The van der Waals surface area contributed by atoms with Crippen LogP contribution < -0.4 is 5.32 Å². The van der Waals surface area contributed by atoms with Crippen molar-refractivity contribution in [3.63, 3.8) is 0 Å². The van der Waals surface area contributed by atoms with E-state index in [1.807, 2.05) is 11.3 Å². The minimum Gasteiger partial charge on any atom is -0.377 e. The number of carbonyl (C=O) groups is 1. The highest BCUT2D eigenvalue weighted by molar-refractivity contribution is 7.10. The standard InChI is InChI=1S/C21H26N2O2S/c1-15-5-2-3-7-17(15)21-18-9-12-26-19(18)8-10-23(21)20(24)14-22-13-16-6-4-11-25-16/h2-3,5,7,9,12,16,21-22H,4,6,8,10-11,13-14H2,1H3. The molecule has 1 amide bonds. The minimum atomic E-state index is 0.0308. The zero-order valence-corrected chi connectivity index (χ0v) is 16.1. The molecular weight excluding hydrogens is 344 g/mol. The van der Waals surface area contributed by atoms with Gasteiger partial charge >= 0.3 is 0 Å². The van der Waals surface area contributed by atoms with Crippen molar-refractivity contribution in [1.82, 2.24) is 10.2 Å². The van der Waals surface area contributed by atoms with Gasteiger partial charge in [0.25, 0.3) is 0 Å². The van der Waals surface area contributed by atoms with Crippen LogP contribution in [0.1, 0.15) is 40.5 Å². The SMILES string of the molecule is Cc1ccccc1C1c2ccsc2CCN1C(=O)CNCC1CCCO1. The first-order chi connectivity index (χ1) is 12.7. The Labute approximate surface area is 159 Å². The lowest BCUT2D eigenvalue weighted by atomic mass is 9.90. The zero-order valence-electron chi connectivity index (χ0n) is 15.2. The Morgan fingerprint density at radius 1 is 1.31 bits per heavy atom. The van der Waals surface area contributed by atoms with Gasteiger partial charge in [-0.2, -0.15) is 0 Å². The van der Waals surface area contributed by atoms with E-state index >= 15 is 0 Å².